The Kier molecular flexibility index (Phi) is 6.39. The Balaban J connectivity index is 1.65. The topological polar surface area (TPSA) is 88.6 Å². The van der Waals surface area contributed by atoms with Crippen molar-refractivity contribution in [3.05, 3.63) is 0 Å². The van der Waals surface area contributed by atoms with E-state index in [-0.39, 0.29) is 42.8 Å². The minimum absolute atomic E-state index is 0.0471. The van der Waals surface area contributed by atoms with E-state index in [2.05, 4.69) is 21.5 Å². The molecular weight excluding hydrogens is 361 g/mol. The van der Waals surface area contributed by atoms with Gasteiger partial charge in [0.25, 0.3) is 0 Å². The van der Waals surface area contributed by atoms with Crippen molar-refractivity contribution in [3.8, 4) is 0 Å². The first kappa shape index (κ1) is 21.3. The maximum Gasteiger partial charge on any atom is 0.391 e. The highest BCUT2D eigenvalue weighted by Gasteiger charge is 2.50. The molecule has 2 aliphatic heterocycles. The third-order valence-electron chi connectivity index (χ3n) is 6.43. The number of hydrogen-bond acceptors (Lipinski definition) is 6. The molecule has 27 heavy (non-hydrogen) atoms. The third-order valence-corrected chi connectivity index (χ3v) is 6.43. The highest BCUT2D eigenvalue weighted by atomic mass is 19.4. The van der Waals surface area contributed by atoms with Crippen LogP contribution in [-0.2, 0) is 0 Å². The first-order chi connectivity index (χ1) is 12.6. The minimum Gasteiger partial charge on any atom is -0.393 e. The lowest BCUT2D eigenvalue weighted by Crippen LogP contribution is -2.71. The smallest absolute Gasteiger partial charge is 0.391 e. The van der Waals surface area contributed by atoms with Gasteiger partial charge < -0.3 is 15.5 Å². The minimum atomic E-state index is -4.23. The molecule has 3 aliphatic rings. The van der Waals surface area contributed by atoms with Crippen molar-refractivity contribution < 1.29 is 23.4 Å². The summed E-state index contributed by atoms with van der Waals surface area (Å²) in [5, 5.41) is 27.2. The average molecular weight is 394 g/mol. The molecule has 7 atom stereocenters. The highest BCUT2D eigenvalue weighted by Crippen LogP contribution is 2.43. The molecule has 6 N–H and O–H groups in total. The molecule has 2 saturated heterocycles. The average Bonchev–Trinajstić information content (AvgIpc) is 2.58. The largest absolute Gasteiger partial charge is 0.393 e. The zero-order chi connectivity index (χ0) is 19.8. The van der Waals surface area contributed by atoms with Gasteiger partial charge in [0, 0.05) is 31.0 Å². The fraction of sp³-hybridized carbons (Fsp3) is 1.00. The molecule has 1 saturated carbocycles. The number of fused-ring (bicyclic) bond motifs is 1. The van der Waals surface area contributed by atoms with Crippen LogP contribution in [0, 0.1) is 23.7 Å². The summed E-state index contributed by atoms with van der Waals surface area (Å²) in [6, 6.07) is -0.0542. The van der Waals surface area contributed by atoms with E-state index in [4.69, 9.17) is 0 Å². The van der Waals surface area contributed by atoms with Gasteiger partial charge in [-0.3, -0.25) is 10.7 Å². The van der Waals surface area contributed by atoms with Crippen molar-refractivity contribution in [1.29, 1.82) is 0 Å². The Morgan fingerprint density at radius 3 is 2.41 bits per heavy atom. The van der Waals surface area contributed by atoms with Crippen LogP contribution in [0.1, 0.15) is 39.5 Å². The van der Waals surface area contributed by atoms with Crippen LogP contribution in [0.5, 0.6) is 0 Å². The molecule has 7 unspecified atom stereocenters. The van der Waals surface area contributed by atoms with E-state index in [1.807, 2.05) is 0 Å². The van der Waals surface area contributed by atoms with E-state index in [0.717, 1.165) is 19.5 Å². The maximum absolute atomic E-state index is 13.0. The van der Waals surface area contributed by atoms with E-state index >= 15 is 0 Å². The summed E-state index contributed by atoms with van der Waals surface area (Å²) in [4.78, 5) is 0. The zero-order valence-electron chi connectivity index (χ0n) is 16.0. The number of nitrogens with one attached hydrogen (secondary N) is 4. The van der Waals surface area contributed by atoms with Crippen molar-refractivity contribution in [2.45, 2.75) is 69.6 Å². The quantitative estimate of drug-likeness (QED) is 0.421. The Bertz CT molecular complexity index is 500. The summed E-state index contributed by atoms with van der Waals surface area (Å²) in [6.07, 6.45) is -4.05. The van der Waals surface area contributed by atoms with Crippen molar-refractivity contribution in [2.24, 2.45) is 23.7 Å². The van der Waals surface area contributed by atoms with E-state index in [1.165, 1.54) is 0 Å². The molecule has 9 heteroatoms. The number of aliphatic hydroxyl groups excluding tert-OH is 1. The van der Waals surface area contributed by atoms with Gasteiger partial charge >= 0.3 is 6.18 Å². The van der Waals surface area contributed by atoms with Crippen LogP contribution in [0.25, 0.3) is 0 Å². The predicted molar refractivity (Wildman–Crippen MR) is 95.5 cm³/mol. The van der Waals surface area contributed by atoms with Crippen molar-refractivity contribution in [2.75, 3.05) is 19.6 Å². The Morgan fingerprint density at radius 1 is 1.04 bits per heavy atom. The predicted octanol–water partition coefficient (Wildman–Crippen LogP) is 0.715. The molecule has 0 bridgehead atoms. The molecule has 3 rings (SSSR count). The molecule has 158 valence electrons. The van der Waals surface area contributed by atoms with Gasteiger partial charge in [0.15, 0.2) is 0 Å². The molecule has 0 radical (unpaired) electrons. The molecule has 3 fully saturated rings. The lowest BCUT2D eigenvalue weighted by molar-refractivity contribution is -0.196. The molecule has 0 aromatic carbocycles. The van der Waals surface area contributed by atoms with Crippen molar-refractivity contribution in [1.82, 2.24) is 21.5 Å². The Hall–Kier alpha value is -0.450. The van der Waals surface area contributed by atoms with Gasteiger partial charge in [-0.05, 0) is 52.0 Å². The molecular formula is C18H33F3N4O2. The van der Waals surface area contributed by atoms with Gasteiger partial charge in [0.1, 0.15) is 0 Å². The standard InChI is InChI=1S/C18H33F3N4O2/c1-17(2,27)9-23-16-13-8-22-6-5-11(13)15(24-25-16)12-4-3-10(7-14(12)26)18(19,20)21/h10-16,22-27H,3-9H2,1-2H3. The molecule has 0 spiro atoms. The molecule has 1 aliphatic carbocycles. The Labute approximate surface area is 158 Å². The summed E-state index contributed by atoms with van der Waals surface area (Å²) < 4.78 is 39.0. The van der Waals surface area contributed by atoms with Crippen LogP contribution >= 0.6 is 0 Å². The molecule has 0 amide bonds. The number of rotatable bonds is 4. The van der Waals surface area contributed by atoms with E-state index in [0.29, 0.717) is 13.0 Å². The van der Waals surface area contributed by atoms with E-state index in [9.17, 15) is 23.4 Å². The second-order valence-corrected chi connectivity index (χ2v) is 9.09. The first-order valence-electron chi connectivity index (χ1n) is 9.98. The third kappa shape index (κ3) is 5.13. The van der Waals surface area contributed by atoms with Crippen LogP contribution in [-0.4, -0.2) is 59.9 Å². The SMILES string of the molecule is CC(C)(O)CNC1NNC(C2CCC(C(F)(F)F)CC2O)C2CCNCC12. The number of aliphatic hydroxyl groups is 2. The number of hydrogen-bond donors (Lipinski definition) is 6. The number of halogens is 3. The van der Waals surface area contributed by atoms with Crippen molar-refractivity contribution >= 4 is 0 Å². The number of piperidine rings is 1. The van der Waals surface area contributed by atoms with Gasteiger partial charge in [0.2, 0.25) is 0 Å². The van der Waals surface area contributed by atoms with Crippen LogP contribution in [0.15, 0.2) is 0 Å². The molecule has 0 aromatic rings. The first-order valence-corrected chi connectivity index (χ1v) is 9.98. The van der Waals surface area contributed by atoms with Gasteiger partial charge in [0.05, 0.1) is 23.8 Å². The van der Waals surface area contributed by atoms with Gasteiger partial charge in [-0.2, -0.15) is 13.2 Å². The van der Waals surface area contributed by atoms with E-state index in [1.54, 1.807) is 13.8 Å². The van der Waals surface area contributed by atoms with Crippen molar-refractivity contribution in [3.63, 3.8) is 0 Å². The van der Waals surface area contributed by atoms with Gasteiger partial charge in [-0.1, -0.05) is 0 Å². The zero-order valence-corrected chi connectivity index (χ0v) is 16.0. The molecule has 0 aromatic heterocycles. The van der Waals surface area contributed by atoms with Crippen LogP contribution < -0.4 is 21.5 Å². The Morgan fingerprint density at radius 2 is 1.78 bits per heavy atom. The van der Waals surface area contributed by atoms with Crippen LogP contribution in [0.4, 0.5) is 13.2 Å². The summed E-state index contributed by atoms with van der Waals surface area (Å²) in [7, 11) is 0. The fourth-order valence-electron chi connectivity index (χ4n) is 4.99. The maximum atomic E-state index is 13.0. The summed E-state index contributed by atoms with van der Waals surface area (Å²) in [6.45, 7) is 5.58. The number of alkyl halides is 3. The second-order valence-electron chi connectivity index (χ2n) is 9.09. The van der Waals surface area contributed by atoms with E-state index < -0.39 is 23.8 Å². The number of hydrazine groups is 1. The fourth-order valence-corrected chi connectivity index (χ4v) is 4.99. The highest BCUT2D eigenvalue weighted by molar-refractivity contribution is 5.00. The second kappa shape index (κ2) is 8.12. The van der Waals surface area contributed by atoms with Gasteiger partial charge in [-0.25, -0.2) is 5.43 Å². The monoisotopic (exact) mass is 394 g/mol. The molecule has 2 heterocycles. The lowest BCUT2D eigenvalue weighted by Gasteiger charge is -2.51. The summed E-state index contributed by atoms with van der Waals surface area (Å²) in [5.74, 6) is -1.09. The lowest BCUT2D eigenvalue weighted by atomic mass is 9.67. The normalized spacial score (nSPS) is 41.2. The summed E-state index contributed by atoms with van der Waals surface area (Å²) in [5.41, 5.74) is 5.72. The van der Waals surface area contributed by atoms with Crippen LogP contribution in [0.3, 0.4) is 0 Å². The van der Waals surface area contributed by atoms with Gasteiger partial charge in [-0.15, -0.1) is 0 Å². The summed E-state index contributed by atoms with van der Waals surface area (Å²) >= 11 is 0. The van der Waals surface area contributed by atoms with Crippen LogP contribution in [0.2, 0.25) is 0 Å². The molecule has 6 nitrogen and oxygen atoms in total.